The van der Waals surface area contributed by atoms with Crippen molar-refractivity contribution in [1.82, 2.24) is 5.32 Å². The molecule has 0 radical (unpaired) electrons. The van der Waals surface area contributed by atoms with E-state index in [1.165, 1.54) is 36.4 Å². The quantitative estimate of drug-likeness (QED) is 0.626. The van der Waals surface area contributed by atoms with Crippen LogP contribution in [0, 0.1) is 0 Å². The molecule has 0 aromatic heterocycles. The molecule has 2 rings (SSSR count). The number of hydrogen-bond donors (Lipinski definition) is 2. The lowest BCUT2D eigenvalue weighted by Gasteiger charge is -2.10. The molecule has 0 unspecified atom stereocenters. The molecule has 2 aromatic rings. The molecule has 0 atom stereocenters. The molecule has 2 N–H and O–H groups in total. The average Bonchev–Trinajstić information content (AvgIpc) is 2.60. The number of halogens is 1. The minimum absolute atomic E-state index is 0.0470. The molecule has 2 aromatic carbocycles. The summed E-state index contributed by atoms with van der Waals surface area (Å²) in [5, 5.41) is 2.61. The lowest BCUT2D eigenvalue weighted by atomic mass is 10.2. The molecule has 27 heavy (non-hydrogen) atoms. The molecule has 0 fully saturated rings. The third kappa shape index (κ3) is 6.37. The van der Waals surface area contributed by atoms with Crippen molar-refractivity contribution in [1.29, 1.82) is 0 Å². The fraction of sp³-hybridized carbons (Fsp3) is 0.222. The summed E-state index contributed by atoms with van der Waals surface area (Å²) >= 11 is 3.25. The van der Waals surface area contributed by atoms with Gasteiger partial charge in [-0.25, -0.2) is 13.2 Å². The average molecular weight is 455 g/mol. The van der Waals surface area contributed by atoms with Gasteiger partial charge in [0.25, 0.3) is 15.9 Å². The maximum atomic E-state index is 12.3. The van der Waals surface area contributed by atoms with Gasteiger partial charge in [0.1, 0.15) is 0 Å². The van der Waals surface area contributed by atoms with Gasteiger partial charge in [0, 0.05) is 16.2 Å². The van der Waals surface area contributed by atoms with Crippen LogP contribution in [0.25, 0.3) is 0 Å². The van der Waals surface area contributed by atoms with Gasteiger partial charge in [-0.2, -0.15) is 0 Å². The Balaban J connectivity index is 1.99. The fourth-order valence-electron chi connectivity index (χ4n) is 2.08. The summed E-state index contributed by atoms with van der Waals surface area (Å²) in [6.07, 6.45) is 0. The molecule has 7 nitrogen and oxygen atoms in total. The monoisotopic (exact) mass is 454 g/mol. The van der Waals surface area contributed by atoms with Gasteiger partial charge in [-0.1, -0.05) is 15.9 Å². The Bertz CT molecular complexity index is 910. The Morgan fingerprint density at radius 3 is 2.19 bits per heavy atom. The molecule has 0 bridgehead atoms. The Kier molecular flexibility index (Phi) is 6.98. The SMILES string of the molecule is CC(C)NC(=O)COC(=O)c1ccc(NS(=O)(=O)c2ccc(Br)cc2)cc1. The van der Waals surface area contributed by atoms with E-state index < -0.39 is 21.9 Å². The van der Waals surface area contributed by atoms with Gasteiger partial charge in [0.05, 0.1) is 10.5 Å². The van der Waals surface area contributed by atoms with Crippen LogP contribution >= 0.6 is 15.9 Å². The maximum Gasteiger partial charge on any atom is 0.338 e. The summed E-state index contributed by atoms with van der Waals surface area (Å²) < 4.78 is 32.8. The smallest absolute Gasteiger partial charge is 0.338 e. The second-order valence-corrected chi connectivity index (χ2v) is 8.53. The summed E-state index contributed by atoms with van der Waals surface area (Å²) in [6, 6.07) is 11.9. The van der Waals surface area contributed by atoms with Crippen LogP contribution in [-0.4, -0.2) is 32.9 Å². The van der Waals surface area contributed by atoms with E-state index in [2.05, 4.69) is 26.0 Å². The van der Waals surface area contributed by atoms with Crippen LogP contribution in [-0.2, 0) is 19.6 Å². The molecule has 0 saturated heterocycles. The fourth-order valence-corrected chi connectivity index (χ4v) is 3.40. The van der Waals surface area contributed by atoms with Gasteiger partial charge in [0.15, 0.2) is 6.61 Å². The summed E-state index contributed by atoms with van der Waals surface area (Å²) in [4.78, 5) is 23.5. The van der Waals surface area contributed by atoms with Gasteiger partial charge in [0.2, 0.25) is 0 Å². The lowest BCUT2D eigenvalue weighted by Crippen LogP contribution is -2.33. The first kappa shape index (κ1) is 20.9. The van der Waals surface area contributed by atoms with E-state index in [1.54, 1.807) is 26.0 Å². The van der Waals surface area contributed by atoms with Crippen LogP contribution in [0.15, 0.2) is 57.9 Å². The highest BCUT2D eigenvalue weighted by Gasteiger charge is 2.15. The van der Waals surface area contributed by atoms with Crippen LogP contribution in [0.3, 0.4) is 0 Å². The van der Waals surface area contributed by atoms with Gasteiger partial charge >= 0.3 is 5.97 Å². The molecule has 9 heteroatoms. The molecule has 0 saturated carbocycles. The standard InChI is InChI=1S/C18H19BrN2O5S/c1-12(2)20-17(22)11-26-18(23)13-3-7-15(8-4-13)21-27(24,25)16-9-5-14(19)6-10-16/h3-10,12,21H,11H2,1-2H3,(H,20,22). The molecular formula is C18H19BrN2O5S. The topological polar surface area (TPSA) is 102 Å². The van der Waals surface area contributed by atoms with E-state index in [9.17, 15) is 18.0 Å². The number of carbonyl (C=O) groups is 2. The van der Waals surface area contributed by atoms with Crippen molar-refractivity contribution in [2.24, 2.45) is 0 Å². The van der Waals surface area contributed by atoms with E-state index in [1.807, 2.05) is 0 Å². The van der Waals surface area contributed by atoms with Gasteiger partial charge in [-0.15, -0.1) is 0 Å². The normalized spacial score (nSPS) is 11.1. The Hall–Kier alpha value is -2.39. The summed E-state index contributed by atoms with van der Waals surface area (Å²) in [5.74, 6) is -1.06. The molecule has 1 amide bonds. The van der Waals surface area contributed by atoms with Crippen LogP contribution < -0.4 is 10.0 Å². The molecule has 144 valence electrons. The number of sulfonamides is 1. The first-order chi connectivity index (χ1) is 12.7. The second-order valence-electron chi connectivity index (χ2n) is 5.94. The zero-order valence-corrected chi connectivity index (χ0v) is 17.1. The third-order valence-corrected chi connectivity index (χ3v) is 5.21. The Morgan fingerprint density at radius 2 is 1.63 bits per heavy atom. The number of ether oxygens (including phenoxy) is 1. The van der Waals surface area contributed by atoms with Crippen molar-refractivity contribution >= 4 is 43.5 Å². The van der Waals surface area contributed by atoms with Crippen LogP contribution in [0.2, 0.25) is 0 Å². The predicted molar refractivity (Wildman–Crippen MR) is 105 cm³/mol. The third-order valence-electron chi connectivity index (χ3n) is 3.28. The number of benzene rings is 2. The van der Waals surface area contributed by atoms with Gasteiger partial charge < -0.3 is 10.1 Å². The summed E-state index contributed by atoms with van der Waals surface area (Å²) in [7, 11) is -3.74. The van der Waals surface area contributed by atoms with Crippen LogP contribution in [0.4, 0.5) is 5.69 Å². The molecule has 0 aliphatic heterocycles. The van der Waals surface area contributed by atoms with E-state index in [4.69, 9.17) is 4.74 Å². The van der Waals surface area contributed by atoms with Crippen molar-refractivity contribution in [2.45, 2.75) is 24.8 Å². The number of nitrogens with one attached hydrogen (secondary N) is 2. The summed E-state index contributed by atoms with van der Waals surface area (Å²) in [6.45, 7) is 3.22. The number of amides is 1. The minimum Gasteiger partial charge on any atom is -0.452 e. The molecular weight excluding hydrogens is 436 g/mol. The van der Waals surface area contributed by atoms with Gasteiger partial charge in [-0.3, -0.25) is 9.52 Å². The molecule has 0 spiro atoms. The zero-order valence-electron chi connectivity index (χ0n) is 14.7. The number of carbonyl (C=O) groups excluding carboxylic acids is 2. The molecule has 0 aliphatic carbocycles. The predicted octanol–water partition coefficient (Wildman–Crippen LogP) is 2.93. The van der Waals surface area contributed by atoms with Crippen molar-refractivity contribution < 1.29 is 22.7 Å². The highest BCUT2D eigenvalue weighted by atomic mass is 79.9. The van der Waals surface area contributed by atoms with E-state index >= 15 is 0 Å². The largest absolute Gasteiger partial charge is 0.452 e. The van der Waals surface area contributed by atoms with Crippen LogP contribution in [0.1, 0.15) is 24.2 Å². The first-order valence-corrected chi connectivity index (χ1v) is 10.3. The lowest BCUT2D eigenvalue weighted by molar-refractivity contribution is -0.124. The van der Waals surface area contributed by atoms with Crippen molar-refractivity contribution in [3.63, 3.8) is 0 Å². The van der Waals surface area contributed by atoms with Crippen molar-refractivity contribution in [3.8, 4) is 0 Å². The Labute approximate surface area is 166 Å². The number of rotatable bonds is 7. The van der Waals surface area contributed by atoms with Crippen molar-refractivity contribution in [2.75, 3.05) is 11.3 Å². The van der Waals surface area contributed by atoms with E-state index in [0.717, 1.165) is 4.47 Å². The van der Waals surface area contributed by atoms with Crippen molar-refractivity contribution in [3.05, 3.63) is 58.6 Å². The maximum absolute atomic E-state index is 12.3. The minimum atomic E-state index is -3.74. The van der Waals surface area contributed by atoms with E-state index in [0.29, 0.717) is 5.69 Å². The first-order valence-electron chi connectivity index (χ1n) is 8.02. The number of esters is 1. The highest BCUT2D eigenvalue weighted by molar-refractivity contribution is 9.10. The summed E-state index contributed by atoms with van der Waals surface area (Å²) in [5.41, 5.74) is 0.506. The highest BCUT2D eigenvalue weighted by Crippen LogP contribution is 2.19. The number of anilines is 1. The van der Waals surface area contributed by atoms with Gasteiger partial charge in [-0.05, 0) is 62.4 Å². The second kappa shape index (κ2) is 9.01. The zero-order chi connectivity index (χ0) is 20.0. The number of hydrogen-bond acceptors (Lipinski definition) is 5. The van der Waals surface area contributed by atoms with E-state index in [-0.39, 0.29) is 23.1 Å². The Morgan fingerprint density at radius 1 is 1.04 bits per heavy atom. The molecule has 0 heterocycles. The molecule has 0 aliphatic rings. The van der Waals surface area contributed by atoms with Crippen LogP contribution in [0.5, 0.6) is 0 Å².